The van der Waals surface area contributed by atoms with Gasteiger partial charge in [-0.15, -0.1) is 0 Å². The lowest BCUT2D eigenvalue weighted by Crippen LogP contribution is -2.13. The Kier molecular flexibility index (Phi) is 5.47. The van der Waals surface area contributed by atoms with Crippen molar-refractivity contribution in [1.82, 2.24) is 14.8 Å². The SMILES string of the molecule is CC(C)Cn1ncnc1CSCC(C)C(=O)O. The molecule has 1 atom stereocenters. The Bertz CT molecular complexity index is 365. The van der Waals surface area contributed by atoms with Crippen LogP contribution in [0.15, 0.2) is 6.33 Å². The van der Waals surface area contributed by atoms with Gasteiger partial charge in [0.1, 0.15) is 12.2 Å². The van der Waals surface area contributed by atoms with Crippen LogP contribution in [0.1, 0.15) is 26.6 Å². The van der Waals surface area contributed by atoms with Crippen LogP contribution in [-0.4, -0.2) is 31.6 Å². The van der Waals surface area contributed by atoms with Gasteiger partial charge in [-0.2, -0.15) is 16.9 Å². The molecule has 0 aliphatic carbocycles. The third-order valence-electron chi connectivity index (χ3n) is 2.25. The van der Waals surface area contributed by atoms with Crippen LogP contribution in [-0.2, 0) is 17.1 Å². The lowest BCUT2D eigenvalue weighted by Gasteiger charge is -2.09. The molecular formula is C11H19N3O2S. The smallest absolute Gasteiger partial charge is 0.307 e. The Morgan fingerprint density at radius 1 is 1.53 bits per heavy atom. The normalized spacial score (nSPS) is 12.9. The van der Waals surface area contributed by atoms with Crippen molar-refractivity contribution in [3.63, 3.8) is 0 Å². The zero-order valence-electron chi connectivity index (χ0n) is 10.5. The maximum Gasteiger partial charge on any atom is 0.307 e. The number of hydrogen-bond donors (Lipinski definition) is 1. The summed E-state index contributed by atoms with van der Waals surface area (Å²) in [6.07, 6.45) is 1.55. The van der Waals surface area contributed by atoms with Crippen molar-refractivity contribution in [2.24, 2.45) is 11.8 Å². The van der Waals surface area contributed by atoms with Gasteiger partial charge in [-0.1, -0.05) is 20.8 Å². The highest BCUT2D eigenvalue weighted by Crippen LogP contribution is 2.14. The molecule has 1 unspecified atom stereocenters. The summed E-state index contributed by atoms with van der Waals surface area (Å²) in [5.41, 5.74) is 0. The molecule has 5 nitrogen and oxygen atoms in total. The van der Waals surface area contributed by atoms with Crippen LogP contribution >= 0.6 is 11.8 Å². The average Bonchev–Trinajstić information content (AvgIpc) is 2.64. The van der Waals surface area contributed by atoms with Crippen LogP contribution in [0.2, 0.25) is 0 Å². The molecule has 1 heterocycles. The number of thioether (sulfide) groups is 1. The predicted octanol–water partition coefficient (Wildman–Crippen LogP) is 1.89. The third-order valence-corrected chi connectivity index (χ3v) is 3.45. The first-order valence-corrected chi connectivity index (χ1v) is 6.83. The van der Waals surface area contributed by atoms with Crippen molar-refractivity contribution in [1.29, 1.82) is 0 Å². The van der Waals surface area contributed by atoms with Gasteiger partial charge in [0.2, 0.25) is 0 Å². The van der Waals surface area contributed by atoms with Gasteiger partial charge in [0, 0.05) is 12.3 Å². The zero-order chi connectivity index (χ0) is 12.8. The molecule has 1 aromatic heterocycles. The van der Waals surface area contributed by atoms with Crippen molar-refractivity contribution >= 4 is 17.7 Å². The second-order valence-electron chi connectivity index (χ2n) is 4.51. The summed E-state index contributed by atoms with van der Waals surface area (Å²) >= 11 is 1.58. The third kappa shape index (κ3) is 4.77. The number of hydrogen-bond acceptors (Lipinski definition) is 4. The van der Waals surface area contributed by atoms with Gasteiger partial charge in [0.15, 0.2) is 0 Å². The van der Waals surface area contributed by atoms with E-state index in [1.807, 2.05) is 4.68 Å². The summed E-state index contributed by atoms with van der Waals surface area (Å²) in [5.74, 6) is 1.69. The van der Waals surface area contributed by atoms with E-state index in [4.69, 9.17) is 5.11 Å². The first kappa shape index (κ1) is 14.0. The highest BCUT2D eigenvalue weighted by molar-refractivity contribution is 7.98. The molecule has 6 heteroatoms. The van der Waals surface area contributed by atoms with E-state index in [1.54, 1.807) is 25.0 Å². The monoisotopic (exact) mass is 257 g/mol. The quantitative estimate of drug-likeness (QED) is 0.808. The van der Waals surface area contributed by atoms with Crippen molar-refractivity contribution in [3.8, 4) is 0 Å². The summed E-state index contributed by atoms with van der Waals surface area (Å²) in [5, 5.41) is 12.9. The Morgan fingerprint density at radius 2 is 2.24 bits per heavy atom. The molecule has 1 aromatic rings. The molecule has 0 fully saturated rings. The molecular weight excluding hydrogens is 238 g/mol. The summed E-state index contributed by atoms with van der Waals surface area (Å²) < 4.78 is 1.89. The molecule has 0 aliphatic rings. The molecule has 0 saturated heterocycles. The Balaban J connectivity index is 2.41. The van der Waals surface area contributed by atoms with E-state index in [0.29, 0.717) is 17.4 Å². The first-order valence-electron chi connectivity index (χ1n) is 5.68. The number of aliphatic carboxylic acids is 1. The van der Waals surface area contributed by atoms with Crippen LogP contribution in [0, 0.1) is 11.8 Å². The predicted molar refractivity (Wildman–Crippen MR) is 67.8 cm³/mol. The minimum absolute atomic E-state index is 0.318. The van der Waals surface area contributed by atoms with Gasteiger partial charge in [0.25, 0.3) is 0 Å². The van der Waals surface area contributed by atoms with Crippen LogP contribution in [0.3, 0.4) is 0 Å². The summed E-state index contributed by atoms with van der Waals surface area (Å²) in [7, 11) is 0. The fourth-order valence-electron chi connectivity index (χ4n) is 1.30. The van der Waals surface area contributed by atoms with Gasteiger partial charge in [-0.05, 0) is 5.92 Å². The van der Waals surface area contributed by atoms with Crippen molar-refractivity contribution in [2.75, 3.05) is 5.75 Å². The molecule has 1 N–H and O–H groups in total. The van der Waals surface area contributed by atoms with E-state index in [0.717, 1.165) is 12.4 Å². The molecule has 0 aromatic carbocycles. The Hall–Kier alpha value is -1.04. The zero-order valence-corrected chi connectivity index (χ0v) is 11.3. The minimum Gasteiger partial charge on any atom is -0.481 e. The van der Waals surface area contributed by atoms with Crippen LogP contribution in [0.4, 0.5) is 0 Å². The maximum atomic E-state index is 10.7. The molecule has 0 radical (unpaired) electrons. The Labute approximate surface area is 106 Å². The number of carboxylic acid groups (broad SMARTS) is 1. The average molecular weight is 257 g/mol. The molecule has 17 heavy (non-hydrogen) atoms. The highest BCUT2D eigenvalue weighted by Gasteiger charge is 2.12. The van der Waals surface area contributed by atoms with E-state index in [9.17, 15) is 4.79 Å². The molecule has 0 amide bonds. The lowest BCUT2D eigenvalue weighted by molar-refractivity contribution is -0.140. The second kappa shape index (κ2) is 6.64. The number of carbonyl (C=O) groups is 1. The van der Waals surface area contributed by atoms with Gasteiger partial charge in [-0.3, -0.25) is 4.79 Å². The maximum absolute atomic E-state index is 10.7. The number of nitrogens with zero attached hydrogens (tertiary/aromatic N) is 3. The standard InChI is InChI=1S/C11H19N3O2S/c1-8(2)4-14-10(12-7-13-14)6-17-5-9(3)11(15)16/h7-9H,4-6H2,1-3H3,(H,15,16). The second-order valence-corrected chi connectivity index (χ2v) is 5.54. The largest absolute Gasteiger partial charge is 0.481 e. The number of aromatic nitrogens is 3. The molecule has 0 saturated carbocycles. The molecule has 0 spiro atoms. The van der Waals surface area contributed by atoms with E-state index < -0.39 is 5.97 Å². The van der Waals surface area contributed by atoms with Gasteiger partial charge < -0.3 is 5.11 Å². The van der Waals surface area contributed by atoms with E-state index in [-0.39, 0.29) is 5.92 Å². The van der Waals surface area contributed by atoms with Crippen molar-refractivity contribution in [2.45, 2.75) is 33.1 Å². The fourth-order valence-corrected chi connectivity index (χ4v) is 2.32. The Morgan fingerprint density at radius 3 is 2.82 bits per heavy atom. The van der Waals surface area contributed by atoms with Crippen LogP contribution in [0.5, 0.6) is 0 Å². The molecule has 96 valence electrons. The van der Waals surface area contributed by atoms with Gasteiger partial charge in [-0.25, -0.2) is 9.67 Å². The van der Waals surface area contributed by atoms with Crippen LogP contribution in [0.25, 0.3) is 0 Å². The van der Waals surface area contributed by atoms with Gasteiger partial charge in [0.05, 0.1) is 11.7 Å². The highest BCUT2D eigenvalue weighted by atomic mass is 32.2. The molecule has 1 rings (SSSR count). The summed E-state index contributed by atoms with van der Waals surface area (Å²) in [6, 6.07) is 0. The van der Waals surface area contributed by atoms with Crippen LogP contribution < -0.4 is 0 Å². The van der Waals surface area contributed by atoms with Gasteiger partial charge >= 0.3 is 5.97 Å². The minimum atomic E-state index is -0.749. The number of rotatable bonds is 7. The summed E-state index contributed by atoms with van der Waals surface area (Å²) in [6.45, 7) is 6.83. The molecule has 0 bridgehead atoms. The van der Waals surface area contributed by atoms with Crippen molar-refractivity contribution < 1.29 is 9.90 Å². The van der Waals surface area contributed by atoms with E-state index >= 15 is 0 Å². The lowest BCUT2D eigenvalue weighted by atomic mass is 10.2. The first-order chi connectivity index (χ1) is 8.00. The topological polar surface area (TPSA) is 68.0 Å². The van der Waals surface area contributed by atoms with E-state index in [2.05, 4.69) is 23.9 Å². The molecule has 0 aliphatic heterocycles. The van der Waals surface area contributed by atoms with E-state index in [1.165, 1.54) is 0 Å². The number of carboxylic acids is 1. The van der Waals surface area contributed by atoms with Crippen molar-refractivity contribution in [3.05, 3.63) is 12.2 Å². The fraction of sp³-hybridized carbons (Fsp3) is 0.727. The summed E-state index contributed by atoms with van der Waals surface area (Å²) in [4.78, 5) is 14.9.